The van der Waals surface area contributed by atoms with E-state index in [2.05, 4.69) is 5.32 Å². The van der Waals surface area contributed by atoms with E-state index in [0.717, 1.165) is 11.6 Å². The Morgan fingerprint density at radius 1 is 1.05 bits per heavy atom. The first-order chi connectivity index (χ1) is 9.27. The SMILES string of the molecule is Cc1ccc(F)cc1Nc1ccc(N)c(C(F)(F)F)c1. The standard InChI is InChI=1S/C14H12F4N2/c1-8-2-3-9(15)6-13(8)20-10-4-5-12(19)11(7-10)14(16,17)18/h2-7,20H,19H2,1H3. The Labute approximate surface area is 113 Å². The van der Waals surface area contributed by atoms with Crippen LogP contribution in [-0.4, -0.2) is 0 Å². The van der Waals surface area contributed by atoms with Crippen molar-refractivity contribution in [1.82, 2.24) is 0 Å². The summed E-state index contributed by atoms with van der Waals surface area (Å²) in [5, 5.41) is 2.76. The van der Waals surface area contributed by atoms with Gasteiger partial charge in [0.25, 0.3) is 0 Å². The number of rotatable bonds is 2. The van der Waals surface area contributed by atoms with Crippen molar-refractivity contribution in [1.29, 1.82) is 0 Å². The number of anilines is 3. The van der Waals surface area contributed by atoms with Crippen LogP contribution in [0.15, 0.2) is 36.4 Å². The van der Waals surface area contributed by atoms with Gasteiger partial charge in [-0.3, -0.25) is 0 Å². The number of benzene rings is 2. The predicted octanol–water partition coefficient (Wildman–Crippen LogP) is 4.48. The van der Waals surface area contributed by atoms with Crippen molar-refractivity contribution in [3.8, 4) is 0 Å². The number of nitrogens with one attached hydrogen (secondary N) is 1. The van der Waals surface area contributed by atoms with Gasteiger partial charge >= 0.3 is 6.18 Å². The summed E-state index contributed by atoms with van der Waals surface area (Å²) in [6.07, 6.45) is -4.53. The van der Waals surface area contributed by atoms with E-state index in [4.69, 9.17) is 5.73 Å². The fraction of sp³-hybridized carbons (Fsp3) is 0.143. The number of hydrogen-bond donors (Lipinski definition) is 2. The number of nitrogen functional groups attached to an aromatic ring is 1. The van der Waals surface area contributed by atoms with Gasteiger partial charge in [-0.1, -0.05) is 6.07 Å². The minimum Gasteiger partial charge on any atom is -0.398 e. The summed E-state index contributed by atoms with van der Waals surface area (Å²) >= 11 is 0. The minimum atomic E-state index is -4.53. The van der Waals surface area contributed by atoms with E-state index in [9.17, 15) is 17.6 Å². The molecule has 0 aliphatic carbocycles. The fourth-order valence-corrected chi connectivity index (χ4v) is 1.76. The predicted molar refractivity (Wildman–Crippen MR) is 70.3 cm³/mol. The van der Waals surface area contributed by atoms with Gasteiger partial charge in [-0.25, -0.2) is 4.39 Å². The maximum Gasteiger partial charge on any atom is 0.418 e. The average molecular weight is 284 g/mol. The summed E-state index contributed by atoms with van der Waals surface area (Å²) in [4.78, 5) is 0. The molecule has 0 radical (unpaired) electrons. The highest BCUT2D eigenvalue weighted by molar-refractivity contribution is 5.67. The molecule has 0 amide bonds. The van der Waals surface area contributed by atoms with Crippen molar-refractivity contribution >= 4 is 17.1 Å². The molecule has 6 heteroatoms. The maximum atomic E-state index is 13.1. The van der Waals surface area contributed by atoms with Crippen LogP contribution in [0.2, 0.25) is 0 Å². The second-order valence-electron chi connectivity index (χ2n) is 4.38. The van der Waals surface area contributed by atoms with E-state index >= 15 is 0 Å². The van der Waals surface area contributed by atoms with Crippen LogP contribution in [0.3, 0.4) is 0 Å². The van der Waals surface area contributed by atoms with Crippen LogP contribution in [0.4, 0.5) is 34.6 Å². The van der Waals surface area contributed by atoms with Gasteiger partial charge in [-0.2, -0.15) is 13.2 Å². The molecule has 106 valence electrons. The molecule has 20 heavy (non-hydrogen) atoms. The Balaban J connectivity index is 2.37. The summed E-state index contributed by atoms with van der Waals surface area (Å²) in [6.45, 7) is 1.73. The summed E-state index contributed by atoms with van der Waals surface area (Å²) in [7, 11) is 0. The van der Waals surface area contributed by atoms with Crippen LogP contribution >= 0.6 is 0 Å². The summed E-state index contributed by atoms with van der Waals surface area (Å²) in [6, 6.07) is 7.53. The third-order valence-corrected chi connectivity index (χ3v) is 2.84. The monoisotopic (exact) mass is 284 g/mol. The summed E-state index contributed by atoms with van der Waals surface area (Å²) in [5.74, 6) is -0.468. The van der Waals surface area contributed by atoms with E-state index in [1.54, 1.807) is 13.0 Å². The molecule has 0 unspecified atom stereocenters. The fourth-order valence-electron chi connectivity index (χ4n) is 1.76. The lowest BCUT2D eigenvalue weighted by Gasteiger charge is -2.14. The third-order valence-electron chi connectivity index (χ3n) is 2.84. The molecule has 2 aromatic rings. The van der Waals surface area contributed by atoms with E-state index in [1.807, 2.05) is 0 Å². The molecule has 0 saturated carbocycles. The van der Waals surface area contributed by atoms with E-state index in [1.165, 1.54) is 24.3 Å². The Bertz CT molecular complexity index is 636. The zero-order chi connectivity index (χ0) is 14.9. The van der Waals surface area contributed by atoms with Gasteiger partial charge in [0.15, 0.2) is 0 Å². The highest BCUT2D eigenvalue weighted by Gasteiger charge is 2.33. The molecule has 3 N–H and O–H groups in total. The van der Waals surface area contributed by atoms with Crippen molar-refractivity contribution in [3.63, 3.8) is 0 Å². The number of alkyl halides is 3. The molecule has 0 atom stereocenters. The molecule has 2 aromatic carbocycles. The van der Waals surface area contributed by atoms with Gasteiger partial charge in [0.05, 0.1) is 5.56 Å². The molecule has 0 aromatic heterocycles. The smallest absolute Gasteiger partial charge is 0.398 e. The van der Waals surface area contributed by atoms with Crippen molar-refractivity contribution < 1.29 is 17.6 Å². The number of hydrogen-bond acceptors (Lipinski definition) is 2. The number of nitrogens with two attached hydrogens (primary N) is 1. The van der Waals surface area contributed by atoms with Crippen molar-refractivity contribution in [2.45, 2.75) is 13.1 Å². The molecule has 0 bridgehead atoms. The van der Waals surface area contributed by atoms with Gasteiger partial charge in [0.2, 0.25) is 0 Å². The summed E-state index contributed by atoms with van der Waals surface area (Å²) in [5.41, 5.74) is 5.37. The quantitative estimate of drug-likeness (QED) is 0.630. The molecular weight excluding hydrogens is 272 g/mol. The number of aryl methyl sites for hydroxylation is 1. The van der Waals surface area contributed by atoms with Gasteiger partial charge in [-0.05, 0) is 42.8 Å². The van der Waals surface area contributed by atoms with E-state index in [-0.39, 0.29) is 11.4 Å². The first kappa shape index (κ1) is 14.2. The summed E-state index contributed by atoms with van der Waals surface area (Å²) < 4.78 is 51.4. The Hall–Kier alpha value is -2.24. The van der Waals surface area contributed by atoms with E-state index < -0.39 is 17.6 Å². The normalized spacial score (nSPS) is 11.4. The molecule has 0 aliphatic heterocycles. The van der Waals surface area contributed by atoms with Crippen molar-refractivity contribution in [2.24, 2.45) is 0 Å². The zero-order valence-corrected chi connectivity index (χ0v) is 10.6. The lowest BCUT2D eigenvalue weighted by molar-refractivity contribution is -0.136. The molecule has 0 heterocycles. The van der Waals surface area contributed by atoms with Gasteiger partial charge in [0, 0.05) is 17.1 Å². The van der Waals surface area contributed by atoms with Gasteiger partial charge < -0.3 is 11.1 Å². The minimum absolute atomic E-state index is 0.195. The second-order valence-corrected chi connectivity index (χ2v) is 4.38. The topological polar surface area (TPSA) is 38.0 Å². The molecule has 0 fully saturated rings. The van der Waals surface area contributed by atoms with Crippen LogP contribution in [0.5, 0.6) is 0 Å². The molecule has 0 aliphatic rings. The van der Waals surface area contributed by atoms with Crippen molar-refractivity contribution in [2.75, 3.05) is 11.1 Å². The first-order valence-corrected chi connectivity index (χ1v) is 5.77. The first-order valence-electron chi connectivity index (χ1n) is 5.77. The maximum absolute atomic E-state index is 13.1. The zero-order valence-electron chi connectivity index (χ0n) is 10.6. The largest absolute Gasteiger partial charge is 0.418 e. The second kappa shape index (κ2) is 5.03. The van der Waals surface area contributed by atoms with Gasteiger partial charge in [-0.15, -0.1) is 0 Å². The van der Waals surface area contributed by atoms with Crippen LogP contribution in [-0.2, 0) is 6.18 Å². The van der Waals surface area contributed by atoms with Crippen molar-refractivity contribution in [3.05, 3.63) is 53.3 Å². The number of halogens is 4. The van der Waals surface area contributed by atoms with E-state index in [0.29, 0.717) is 5.69 Å². The van der Waals surface area contributed by atoms with Crippen LogP contribution in [0, 0.1) is 12.7 Å². The Morgan fingerprint density at radius 3 is 2.40 bits per heavy atom. The molecule has 0 spiro atoms. The van der Waals surface area contributed by atoms with Crippen LogP contribution in [0.25, 0.3) is 0 Å². The Morgan fingerprint density at radius 2 is 1.75 bits per heavy atom. The molecular formula is C14H12F4N2. The third kappa shape index (κ3) is 3.01. The molecule has 2 rings (SSSR count). The van der Waals surface area contributed by atoms with Gasteiger partial charge in [0.1, 0.15) is 5.82 Å². The molecule has 2 nitrogen and oxygen atoms in total. The lowest BCUT2D eigenvalue weighted by Crippen LogP contribution is -2.09. The molecule has 0 saturated heterocycles. The lowest BCUT2D eigenvalue weighted by atomic mass is 10.1. The average Bonchev–Trinajstić information content (AvgIpc) is 2.35. The highest BCUT2D eigenvalue weighted by atomic mass is 19.4. The highest BCUT2D eigenvalue weighted by Crippen LogP contribution is 2.35. The Kier molecular flexibility index (Phi) is 3.57. The van der Waals surface area contributed by atoms with Crippen LogP contribution in [0.1, 0.15) is 11.1 Å². The van der Waals surface area contributed by atoms with Crippen LogP contribution < -0.4 is 11.1 Å².